The predicted molar refractivity (Wildman–Crippen MR) is 204 cm³/mol. The molecule has 3 heterocycles. The number of carbonyl (C=O) groups excluding carboxylic acids is 3. The monoisotopic (exact) mass is 763 g/mol. The Hall–Kier alpha value is -5.27. The second-order valence-corrected chi connectivity index (χ2v) is 16.5. The third-order valence-corrected chi connectivity index (χ3v) is 8.56. The van der Waals surface area contributed by atoms with Crippen molar-refractivity contribution in [3.63, 3.8) is 0 Å². The van der Waals surface area contributed by atoms with Crippen LogP contribution in [0.25, 0.3) is 33.9 Å². The van der Waals surface area contributed by atoms with E-state index >= 15 is 8.78 Å². The molecule has 2 aliphatic rings. The Morgan fingerprint density at radius 3 is 1.42 bits per heavy atom. The first-order chi connectivity index (χ1) is 25.7. The van der Waals surface area contributed by atoms with Crippen LogP contribution in [0.15, 0.2) is 48.6 Å². The fourth-order valence-corrected chi connectivity index (χ4v) is 6.05. The van der Waals surface area contributed by atoms with Gasteiger partial charge in [0.1, 0.15) is 35.0 Å². The SMILES string of the molecule is CC(C)(C)OC(=O)OCCn1c(-c2ccc(C3=CCN(C(=O)OC(C)(C)C)CC3)cc2F)nnc1-c1ccc(C2=CCN(C(=O)OC(C)(C)C)CC2)cc1F. The van der Waals surface area contributed by atoms with E-state index in [0.29, 0.717) is 50.1 Å². The zero-order valence-corrected chi connectivity index (χ0v) is 33.1. The molecular formula is C41H51F2N5O7. The molecule has 3 aromatic rings. The molecule has 2 aliphatic heterocycles. The Morgan fingerprint density at radius 1 is 0.655 bits per heavy atom. The normalized spacial score (nSPS) is 15.3. The molecule has 1 aromatic heterocycles. The van der Waals surface area contributed by atoms with Crippen LogP contribution in [-0.2, 0) is 25.5 Å². The van der Waals surface area contributed by atoms with Crippen molar-refractivity contribution >= 4 is 29.5 Å². The van der Waals surface area contributed by atoms with Crippen LogP contribution < -0.4 is 0 Å². The second kappa shape index (κ2) is 16.2. The lowest BCUT2D eigenvalue weighted by Crippen LogP contribution is -2.39. The first-order valence-corrected chi connectivity index (χ1v) is 18.4. The van der Waals surface area contributed by atoms with E-state index in [9.17, 15) is 14.4 Å². The minimum atomic E-state index is -0.883. The average molecular weight is 764 g/mol. The second-order valence-electron chi connectivity index (χ2n) is 16.5. The van der Waals surface area contributed by atoms with Crippen LogP contribution in [-0.4, -0.2) is 92.5 Å². The standard InChI is InChI=1S/C41H51F2N5O7/c1-39(2,3)53-36(49)46-18-14-26(15-19-46)28-10-12-30(32(42)24-28)34-44-45-35(48(34)22-23-52-38(51)55-41(7,8)9)31-13-11-29(25-33(31)43)27-16-20-47(21-17-27)37(50)54-40(4,5)6/h10-14,16,24-25H,15,17-23H2,1-9H3. The number of ether oxygens (including phenoxy) is 4. The van der Waals surface area contributed by atoms with Gasteiger partial charge in [0.05, 0.1) is 17.7 Å². The van der Waals surface area contributed by atoms with Crippen molar-refractivity contribution in [3.05, 3.63) is 71.3 Å². The third-order valence-electron chi connectivity index (χ3n) is 8.56. The molecule has 0 N–H and O–H groups in total. The maximum Gasteiger partial charge on any atom is 0.508 e. The predicted octanol–water partition coefficient (Wildman–Crippen LogP) is 8.89. The van der Waals surface area contributed by atoms with Crippen molar-refractivity contribution in [2.75, 3.05) is 32.8 Å². The molecule has 0 saturated heterocycles. The molecule has 0 saturated carbocycles. The summed E-state index contributed by atoms with van der Waals surface area (Å²) in [5, 5.41) is 8.57. The molecule has 12 nitrogen and oxygen atoms in total. The van der Waals surface area contributed by atoms with E-state index in [4.69, 9.17) is 18.9 Å². The number of amides is 2. The molecule has 0 aliphatic carbocycles. The summed E-state index contributed by atoms with van der Waals surface area (Å²) in [6.07, 6.45) is 3.08. The van der Waals surface area contributed by atoms with Crippen LogP contribution in [0.1, 0.15) is 86.3 Å². The molecule has 296 valence electrons. The van der Waals surface area contributed by atoms with Crippen molar-refractivity contribution in [1.29, 1.82) is 0 Å². The molecule has 0 bridgehead atoms. The summed E-state index contributed by atoms with van der Waals surface area (Å²) >= 11 is 0. The van der Waals surface area contributed by atoms with Gasteiger partial charge in [-0.25, -0.2) is 23.2 Å². The van der Waals surface area contributed by atoms with Crippen molar-refractivity contribution in [2.45, 2.75) is 98.5 Å². The highest BCUT2D eigenvalue weighted by molar-refractivity contribution is 5.76. The van der Waals surface area contributed by atoms with Crippen LogP contribution in [0, 0.1) is 11.6 Å². The van der Waals surface area contributed by atoms with Gasteiger partial charge in [-0.2, -0.15) is 0 Å². The fourth-order valence-electron chi connectivity index (χ4n) is 6.05. The number of halogens is 2. The van der Waals surface area contributed by atoms with E-state index < -0.39 is 46.8 Å². The highest BCUT2D eigenvalue weighted by Crippen LogP contribution is 2.33. The molecule has 0 radical (unpaired) electrons. The molecule has 14 heteroatoms. The molecule has 0 fully saturated rings. The van der Waals surface area contributed by atoms with Crippen molar-refractivity contribution in [1.82, 2.24) is 24.6 Å². The van der Waals surface area contributed by atoms with Gasteiger partial charge in [0.25, 0.3) is 0 Å². The third kappa shape index (κ3) is 10.9. The van der Waals surface area contributed by atoms with Gasteiger partial charge in [0, 0.05) is 26.2 Å². The smallest absolute Gasteiger partial charge is 0.444 e. The number of carbonyl (C=O) groups is 3. The number of hydrogen-bond donors (Lipinski definition) is 0. The number of nitrogens with zero attached hydrogens (tertiary/aromatic N) is 5. The number of aromatic nitrogens is 3. The van der Waals surface area contributed by atoms with Crippen molar-refractivity contribution in [3.8, 4) is 22.8 Å². The number of hydrogen-bond acceptors (Lipinski definition) is 9. The molecule has 55 heavy (non-hydrogen) atoms. The number of benzene rings is 2. The van der Waals surface area contributed by atoms with Crippen LogP contribution >= 0.6 is 0 Å². The van der Waals surface area contributed by atoms with Gasteiger partial charge in [-0.15, -0.1) is 10.2 Å². The fraction of sp³-hybridized carbons (Fsp3) is 0.488. The van der Waals surface area contributed by atoms with E-state index in [1.165, 1.54) is 16.7 Å². The lowest BCUT2D eigenvalue weighted by atomic mass is 9.97. The highest BCUT2D eigenvalue weighted by Gasteiger charge is 2.27. The van der Waals surface area contributed by atoms with Gasteiger partial charge in [0.15, 0.2) is 11.6 Å². The maximum atomic E-state index is 16.0. The summed E-state index contributed by atoms with van der Waals surface area (Å²) in [5.74, 6) is -0.939. The van der Waals surface area contributed by atoms with E-state index in [2.05, 4.69) is 10.2 Å². The molecule has 2 aromatic carbocycles. The Balaban J connectivity index is 1.40. The Labute approximate surface area is 321 Å². The Bertz CT molecular complexity index is 1860. The average Bonchev–Trinajstić information content (AvgIpc) is 3.49. The topological polar surface area (TPSA) is 125 Å². The van der Waals surface area contributed by atoms with Crippen LogP contribution in [0.2, 0.25) is 0 Å². The summed E-state index contributed by atoms with van der Waals surface area (Å²) < 4.78 is 55.0. The van der Waals surface area contributed by atoms with Gasteiger partial charge < -0.3 is 33.3 Å². The summed E-state index contributed by atoms with van der Waals surface area (Å²) in [6.45, 7) is 17.3. The Kier molecular flexibility index (Phi) is 12.1. The number of rotatable bonds is 7. The molecule has 5 rings (SSSR count). The lowest BCUT2D eigenvalue weighted by molar-refractivity contribution is -0.00833. The lowest BCUT2D eigenvalue weighted by Gasteiger charge is -2.29. The van der Waals surface area contributed by atoms with Crippen LogP contribution in [0.3, 0.4) is 0 Å². The van der Waals surface area contributed by atoms with E-state index in [0.717, 1.165) is 11.1 Å². The summed E-state index contributed by atoms with van der Waals surface area (Å²) in [5.41, 5.74) is 1.30. The van der Waals surface area contributed by atoms with Gasteiger partial charge >= 0.3 is 18.3 Å². The molecular weight excluding hydrogens is 712 g/mol. The van der Waals surface area contributed by atoms with Gasteiger partial charge in [-0.3, -0.25) is 0 Å². The zero-order valence-electron chi connectivity index (χ0n) is 33.1. The maximum absolute atomic E-state index is 16.0. The van der Waals surface area contributed by atoms with E-state index in [-0.39, 0.29) is 35.9 Å². The van der Waals surface area contributed by atoms with Crippen LogP contribution in [0.4, 0.5) is 23.2 Å². The summed E-state index contributed by atoms with van der Waals surface area (Å²) in [4.78, 5) is 40.6. The first kappa shape index (κ1) is 40.9. The van der Waals surface area contributed by atoms with E-state index in [1.54, 1.807) is 54.8 Å². The van der Waals surface area contributed by atoms with Gasteiger partial charge in [-0.05, 0) is 122 Å². The molecule has 0 spiro atoms. The largest absolute Gasteiger partial charge is 0.508 e. The first-order valence-electron chi connectivity index (χ1n) is 18.4. The van der Waals surface area contributed by atoms with Crippen molar-refractivity contribution in [2.24, 2.45) is 0 Å². The summed E-state index contributed by atoms with van der Waals surface area (Å²) in [7, 11) is 0. The minimum Gasteiger partial charge on any atom is -0.444 e. The minimum absolute atomic E-state index is 0.0312. The van der Waals surface area contributed by atoms with E-state index in [1.807, 2.05) is 53.7 Å². The molecule has 0 unspecified atom stereocenters. The molecule has 2 amide bonds. The quantitative estimate of drug-likeness (QED) is 0.171. The zero-order chi connectivity index (χ0) is 40.3. The van der Waals surface area contributed by atoms with Gasteiger partial charge in [0.2, 0.25) is 0 Å². The van der Waals surface area contributed by atoms with Crippen LogP contribution in [0.5, 0.6) is 0 Å². The Morgan fingerprint density at radius 2 is 1.07 bits per heavy atom. The van der Waals surface area contributed by atoms with Crippen molar-refractivity contribution < 1.29 is 42.1 Å². The summed E-state index contributed by atoms with van der Waals surface area (Å²) in [6, 6.07) is 9.50. The molecule has 0 atom stereocenters. The highest BCUT2D eigenvalue weighted by atomic mass is 19.1. The van der Waals surface area contributed by atoms with Gasteiger partial charge in [-0.1, -0.05) is 24.3 Å².